The summed E-state index contributed by atoms with van der Waals surface area (Å²) in [7, 11) is 1.73. The number of hydrogen-bond donors (Lipinski definition) is 1. The highest BCUT2D eigenvalue weighted by molar-refractivity contribution is 5.73. The molecule has 1 aliphatic rings. The first-order valence-electron chi connectivity index (χ1n) is 8.35. The van der Waals surface area contributed by atoms with Crippen molar-refractivity contribution in [3.05, 3.63) is 48.1 Å². The molecule has 3 rings (SSSR count). The van der Waals surface area contributed by atoms with Crippen molar-refractivity contribution in [1.82, 2.24) is 25.3 Å². The summed E-state index contributed by atoms with van der Waals surface area (Å²) < 4.78 is 10.2. The molecule has 1 aliphatic heterocycles. The van der Waals surface area contributed by atoms with Gasteiger partial charge < -0.3 is 19.5 Å². The zero-order chi connectivity index (χ0) is 17.5. The molecule has 0 unspecified atom stereocenters. The van der Waals surface area contributed by atoms with Crippen LogP contribution in [0, 0.1) is 0 Å². The molecular weight excluding hydrogens is 322 g/mol. The van der Waals surface area contributed by atoms with Crippen LogP contribution in [0.3, 0.4) is 0 Å². The van der Waals surface area contributed by atoms with Crippen LogP contribution in [0.1, 0.15) is 17.4 Å². The molecule has 25 heavy (non-hydrogen) atoms. The minimum atomic E-state index is -0.155. The lowest BCUT2D eigenvalue weighted by atomic mass is 10.1. The van der Waals surface area contributed by atoms with Crippen molar-refractivity contribution in [2.45, 2.75) is 12.6 Å². The zero-order valence-corrected chi connectivity index (χ0v) is 14.3. The van der Waals surface area contributed by atoms with Gasteiger partial charge in [0, 0.05) is 38.9 Å². The Morgan fingerprint density at radius 3 is 2.88 bits per heavy atom. The summed E-state index contributed by atoms with van der Waals surface area (Å²) in [5, 5.41) is 6.82. The number of morpholine rings is 1. The highest BCUT2D eigenvalue weighted by Crippen LogP contribution is 2.19. The van der Waals surface area contributed by atoms with Crippen molar-refractivity contribution in [3.63, 3.8) is 0 Å². The maximum Gasteiger partial charge on any atom is 0.317 e. The van der Waals surface area contributed by atoms with Gasteiger partial charge in [-0.2, -0.15) is 0 Å². The fourth-order valence-electron chi connectivity index (χ4n) is 2.84. The summed E-state index contributed by atoms with van der Waals surface area (Å²) in [5.41, 5.74) is 1.66. The quantitative estimate of drug-likeness (QED) is 0.849. The Hall–Kier alpha value is -2.45. The molecule has 8 heteroatoms. The van der Waals surface area contributed by atoms with Crippen LogP contribution in [0.5, 0.6) is 0 Å². The topological polar surface area (TPSA) is 83.7 Å². The number of amides is 2. The molecule has 1 fully saturated rings. The lowest BCUT2D eigenvalue weighted by Crippen LogP contribution is -2.46. The minimum Gasteiger partial charge on any atom is -0.379 e. The molecule has 1 N–H and O–H groups in total. The molecule has 0 aliphatic carbocycles. The Balaban J connectivity index is 1.60. The van der Waals surface area contributed by atoms with Crippen LogP contribution in [-0.2, 0) is 11.3 Å². The predicted molar refractivity (Wildman–Crippen MR) is 90.7 cm³/mol. The molecule has 2 amide bonds. The normalized spacial score (nSPS) is 16.4. The van der Waals surface area contributed by atoms with E-state index in [1.807, 2.05) is 18.2 Å². The highest BCUT2D eigenvalue weighted by Gasteiger charge is 2.24. The monoisotopic (exact) mass is 345 g/mol. The van der Waals surface area contributed by atoms with E-state index in [2.05, 4.69) is 20.4 Å². The van der Waals surface area contributed by atoms with Gasteiger partial charge in [-0.15, -0.1) is 0 Å². The molecule has 134 valence electrons. The van der Waals surface area contributed by atoms with Gasteiger partial charge in [-0.1, -0.05) is 11.2 Å². The zero-order valence-electron chi connectivity index (χ0n) is 14.3. The van der Waals surface area contributed by atoms with E-state index in [0.29, 0.717) is 32.0 Å². The number of nitrogens with one attached hydrogen (secondary N) is 1. The number of aromatic nitrogens is 2. The van der Waals surface area contributed by atoms with Crippen LogP contribution >= 0.6 is 0 Å². The average Bonchev–Trinajstić information content (AvgIpc) is 3.16. The van der Waals surface area contributed by atoms with Crippen molar-refractivity contribution in [2.24, 2.45) is 0 Å². The summed E-state index contributed by atoms with van der Waals surface area (Å²) in [6.07, 6.45) is 3.28. The van der Waals surface area contributed by atoms with Gasteiger partial charge in [-0.05, 0) is 12.1 Å². The fraction of sp³-hybridized carbons (Fsp3) is 0.471. The number of pyridine rings is 1. The number of urea groups is 1. The van der Waals surface area contributed by atoms with E-state index in [0.717, 1.165) is 18.8 Å². The molecular formula is C17H23N5O3. The average molecular weight is 345 g/mol. The van der Waals surface area contributed by atoms with E-state index >= 15 is 0 Å². The summed E-state index contributed by atoms with van der Waals surface area (Å²) in [6, 6.07) is 7.46. The second kappa shape index (κ2) is 8.59. The van der Waals surface area contributed by atoms with Gasteiger partial charge in [-0.3, -0.25) is 9.88 Å². The van der Waals surface area contributed by atoms with E-state index in [1.54, 1.807) is 24.2 Å². The van der Waals surface area contributed by atoms with Crippen molar-refractivity contribution in [3.8, 4) is 0 Å². The standard InChI is InChI=1S/C17H23N5O3/c1-21(13-14-5-9-25-20-14)17(23)19-12-16(15-4-2-3-6-18-15)22-7-10-24-11-8-22/h2-6,9,16H,7-8,10-13H2,1H3,(H,19,23)/t16-/m1/s1. The minimum absolute atomic E-state index is 0.0227. The van der Waals surface area contributed by atoms with Crippen molar-refractivity contribution >= 4 is 6.03 Å². The molecule has 8 nitrogen and oxygen atoms in total. The first-order valence-corrected chi connectivity index (χ1v) is 8.35. The van der Waals surface area contributed by atoms with Crippen molar-refractivity contribution < 1.29 is 14.1 Å². The van der Waals surface area contributed by atoms with Crippen LogP contribution in [-0.4, -0.2) is 65.9 Å². The van der Waals surface area contributed by atoms with Crippen molar-refractivity contribution in [1.29, 1.82) is 0 Å². The van der Waals surface area contributed by atoms with Gasteiger partial charge in [0.1, 0.15) is 12.0 Å². The largest absolute Gasteiger partial charge is 0.379 e. The van der Waals surface area contributed by atoms with Gasteiger partial charge in [-0.25, -0.2) is 4.79 Å². The second-order valence-corrected chi connectivity index (χ2v) is 5.95. The van der Waals surface area contributed by atoms with Gasteiger partial charge in [0.15, 0.2) is 0 Å². The number of carbonyl (C=O) groups is 1. The maximum absolute atomic E-state index is 12.4. The molecule has 0 spiro atoms. The number of nitrogens with zero attached hydrogens (tertiary/aromatic N) is 4. The third kappa shape index (κ3) is 4.77. The van der Waals surface area contributed by atoms with Gasteiger partial charge in [0.05, 0.1) is 31.5 Å². The number of ether oxygens (including phenoxy) is 1. The predicted octanol–water partition coefficient (Wildman–Crippen LogP) is 1.28. The lowest BCUT2D eigenvalue weighted by Gasteiger charge is -2.34. The van der Waals surface area contributed by atoms with Gasteiger partial charge in [0.25, 0.3) is 0 Å². The van der Waals surface area contributed by atoms with Crippen LogP contribution in [0.25, 0.3) is 0 Å². The van der Waals surface area contributed by atoms with E-state index in [4.69, 9.17) is 9.26 Å². The smallest absolute Gasteiger partial charge is 0.317 e. The Morgan fingerprint density at radius 1 is 1.36 bits per heavy atom. The first kappa shape index (κ1) is 17.4. The SMILES string of the molecule is CN(Cc1ccon1)C(=O)NC[C@H](c1ccccn1)N1CCOCC1. The summed E-state index contributed by atoms with van der Waals surface area (Å²) >= 11 is 0. The number of rotatable bonds is 6. The summed E-state index contributed by atoms with van der Waals surface area (Å²) in [6.45, 7) is 3.93. The highest BCUT2D eigenvalue weighted by atomic mass is 16.5. The third-order valence-corrected chi connectivity index (χ3v) is 4.20. The molecule has 2 aromatic rings. The molecule has 0 saturated carbocycles. The van der Waals surface area contributed by atoms with Crippen LogP contribution < -0.4 is 5.32 Å². The third-order valence-electron chi connectivity index (χ3n) is 4.20. The number of hydrogen-bond acceptors (Lipinski definition) is 6. The van der Waals surface area contributed by atoms with E-state index in [-0.39, 0.29) is 12.1 Å². The summed E-state index contributed by atoms with van der Waals surface area (Å²) in [4.78, 5) is 20.7. The Kier molecular flexibility index (Phi) is 5.97. The van der Waals surface area contributed by atoms with Crippen molar-refractivity contribution in [2.75, 3.05) is 39.9 Å². The first-order chi connectivity index (χ1) is 12.2. The number of carbonyl (C=O) groups excluding carboxylic acids is 1. The Bertz CT molecular complexity index is 644. The summed E-state index contributed by atoms with van der Waals surface area (Å²) in [5.74, 6) is 0. The molecule has 1 atom stereocenters. The van der Waals surface area contributed by atoms with Gasteiger partial charge >= 0.3 is 6.03 Å². The molecule has 3 heterocycles. The lowest BCUT2D eigenvalue weighted by molar-refractivity contribution is 0.0156. The molecule has 1 saturated heterocycles. The van der Waals surface area contributed by atoms with Crippen LogP contribution in [0.4, 0.5) is 4.79 Å². The Morgan fingerprint density at radius 2 is 2.20 bits per heavy atom. The molecule has 0 aromatic carbocycles. The second-order valence-electron chi connectivity index (χ2n) is 5.95. The molecule has 0 radical (unpaired) electrons. The van der Waals surface area contributed by atoms with Crippen LogP contribution in [0.2, 0.25) is 0 Å². The van der Waals surface area contributed by atoms with Crippen LogP contribution in [0.15, 0.2) is 41.2 Å². The van der Waals surface area contributed by atoms with E-state index < -0.39 is 0 Å². The van der Waals surface area contributed by atoms with E-state index in [9.17, 15) is 4.79 Å². The molecule has 0 bridgehead atoms. The molecule has 2 aromatic heterocycles. The van der Waals surface area contributed by atoms with Gasteiger partial charge in [0.2, 0.25) is 0 Å². The Labute approximate surface area is 146 Å². The van der Waals surface area contributed by atoms with E-state index in [1.165, 1.54) is 6.26 Å². The maximum atomic E-state index is 12.4. The fourth-order valence-corrected chi connectivity index (χ4v) is 2.84.